The third-order valence-corrected chi connectivity index (χ3v) is 3.36. The van der Waals surface area contributed by atoms with E-state index in [0.717, 1.165) is 4.90 Å². The molecule has 0 saturated heterocycles. The van der Waals surface area contributed by atoms with Crippen molar-refractivity contribution in [2.45, 2.75) is 45.3 Å². The van der Waals surface area contributed by atoms with Gasteiger partial charge in [-0.25, -0.2) is 9.59 Å². The maximum absolute atomic E-state index is 12.3. The van der Waals surface area contributed by atoms with E-state index in [1.165, 1.54) is 7.05 Å². The molecule has 1 unspecified atom stereocenters. The van der Waals surface area contributed by atoms with Crippen LogP contribution in [0.25, 0.3) is 0 Å². The van der Waals surface area contributed by atoms with Gasteiger partial charge in [0.05, 0.1) is 0 Å². The third-order valence-electron chi connectivity index (χ3n) is 3.36. The predicted octanol–water partition coefficient (Wildman–Crippen LogP) is 3.24. The predicted molar refractivity (Wildman–Crippen MR) is 80.0 cm³/mol. The van der Waals surface area contributed by atoms with Gasteiger partial charge in [-0.3, -0.25) is 4.90 Å². The second-order valence-corrected chi connectivity index (χ2v) is 5.92. The van der Waals surface area contributed by atoms with Crippen LogP contribution >= 0.6 is 0 Å². The number of likely N-dealkylation sites (N-methyl/N-ethyl adjacent to an activating group) is 1. The Hall–Kier alpha value is -2.04. The fourth-order valence-corrected chi connectivity index (χ4v) is 2.25. The van der Waals surface area contributed by atoms with E-state index in [-0.39, 0.29) is 6.42 Å². The molecule has 116 valence electrons. The summed E-state index contributed by atoms with van der Waals surface area (Å²) in [5, 5.41) is 9.75. The van der Waals surface area contributed by atoms with Crippen molar-refractivity contribution in [1.82, 2.24) is 4.90 Å². The van der Waals surface area contributed by atoms with Crippen molar-refractivity contribution < 1.29 is 19.4 Å². The Labute approximate surface area is 125 Å². The van der Waals surface area contributed by atoms with Crippen molar-refractivity contribution in [2.75, 3.05) is 7.05 Å². The van der Waals surface area contributed by atoms with Gasteiger partial charge in [-0.1, -0.05) is 37.3 Å². The number of hydrogen-bond donors (Lipinski definition) is 1. The highest BCUT2D eigenvalue weighted by atomic mass is 16.6. The number of rotatable bonds is 4. The molecule has 1 aromatic rings. The summed E-state index contributed by atoms with van der Waals surface area (Å²) in [4.78, 5) is 25.4. The molecule has 1 atom stereocenters. The summed E-state index contributed by atoms with van der Waals surface area (Å²) >= 11 is 0. The number of benzene rings is 1. The van der Waals surface area contributed by atoms with Crippen molar-refractivity contribution in [2.24, 2.45) is 0 Å². The minimum atomic E-state index is -1.44. The van der Waals surface area contributed by atoms with Gasteiger partial charge in [0.15, 0.2) is 5.54 Å². The van der Waals surface area contributed by atoms with Gasteiger partial charge in [0.25, 0.3) is 0 Å². The number of carboxylic acids is 1. The first kappa shape index (κ1) is 17.0. The molecule has 0 saturated carbocycles. The molecule has 1 aromatic carbocycles. The molecule has 0 spiro atoms. The Morgan fingerprint density at radius 2 is 1.71 bits per heavy atom. The van der Waals surface area contributed by atoms with Crippen molar-refractivity contribution in [1.29, 1.82) is 0 Å². The van der Waals surface area contributed by atoms with Crippen LogP contribution in [-0.2, 0) is 15.1 Å². The van der Waals surface area contributed by atoms with E-state index in [9.17, 15) is 14.7 Å². The molecule has 0 radical (unpaired) electrons. The minimum absolute atomic E-state index is 0.238. The van der Waals surface area contributed by atoms with Crippen LogP contribution in [0.2, 0.25) is 0 Å². The Morgan fingerprint density at radius 3 is 2.10 bits per heavy atom. The van der Waals surface area contributed by atoms with Gasteiger partial charge in [0.1, 0.15) is 5.60 Å². The van der Waals surface area contributed by atoms with Gasteiger partial charge in [-0.15, -0.1) is 0 Å². The standard InChI is InChI=1S/C16H23NO4/c1-6-16(13(18)19,12-10-8-7-9-11-12)17(5)14(20)21-15(2,3)4/h7-11H,6H2,1-5H3,(H,18,19). The first-order chi connectivity index (χ1) is 9.65. The normalized spacial score (nSPS) is 14.1. The second kappa shape index (κ2) is 6.16. The largest absolute Gasteiger partial charge is 0.479 e. The Bertz CT molecular complexity index is 507. The summed E-state index contributed by atoms with van der Waals surface area (Å²) in [6.07, 6.45) is -0.419. The molecule has 0 aliphatic carbocycles. The Morgan fingerprint density at radius 1 is 1.19 bits per heavy atom. The zero-order valence-corrected chi connectivity index (χ0v) is 13.2. The van der Waals surface area contributed by atoms with Crippen LogP contribution in [0.1, 0.15) is 39.7 Å². The highest BCUT2D eigenvalue weighted by Crippen LogP contribution is 2.32. The summed E-state index contributed by atoms with van der Waals surface area (Å²) in [5.41, 5.74) is -1.57. The number of carbonyl (C=O) groups is 2. The molecule has 0 aromatic heterocycles. The molecule has 0 aliphatic rings. The third kappa shape index (κ3) is 3.54. The molecule has 1 rings (SSSR count). The van der Waals surface area contributed by atoms with Gasteiger partial charge < -0.3 is 9.84 Å². The van der Waals surface area contributed by atoms with E-state index in [2.05, 4.69) is 0 Å². The lowest BCUT2D eigenvalue weighted by molar-refractivity contribution is -0.151. The van der Waals surface area contributed by atoms with Crippen molar-refractivity contribution >= 4 is 12.1 Å². The molecule has 1 N–H and O–H groups in total. The van der Waals surface area contributed by atoms with Crippen LogP contribution < -0.4 is 0 Å². The number of aliphatic carboxylic acids is 1. The smallest absolute Gasteiger partial charge is 0.411 e. The summed E-state index contributed by atoms with van der Waals surface area (Å²) in [7, 11) is 1.46. The molecular weight excluding hydrogens is 270 g/mol. The summed E-state index contributed by atoms with van der Waals surface area (Å²) in [6, 6.07) is 8.73. The summed E-state index contributed by atoms with van der Waals surface area (Å²) in [5.74, 6) is -1.08. The van der Waals surface area contributed by atoms with Crippen LogP contribution in [0, 0.1) is 0 Å². The van der Waals surface area contributed by atoms with E-state index in [4.69, 9.17) is 4.74 Å². The molecule has 1 amide bonds. The first-order valence-corrected chi connectivity index (χ1v) is 6.91. The lowest BCUT2D eigenvalue weighted by atomic mass is 9.86. The minimum Gasteiger partial charge on any atom is -0.479 e. The van der Waals surface area contributed by atoms with Crippen LogP contribution in [0.3, 0.4) is 0 Å². The van der Waals surface area contributed by atoms with E-state index < -0.39 is 23.2 Å². The second-order valence-electron chi connectivity index (χ2n) is 5.92. The first-order valence-electron chi connectivity index (χ1n) is 6.91. The number of carbonyl (C=O) groups excluding carboxylic acids is 1. The highest BCUT2D eigenvalue weighted by Gasteiger charge is 2.46. The van der Waals surface area contributed by atoms with Gasteiger partial charge in [0.2, 0.25) is 0 Å². The molecule has 0 bridgehead atoms. The monoisotopic (exact) mass is 293 g/mol. The maximum Gasteiger partial charge on any atom is 0.411 e. The molecule has 0 heterocycles. The topological polar surface area (TPSA) is 66.8 Å². The number of hydrogen-bond acceptors (Lipinski definition) is 3. The Balaban J connectivity index is 3.26. The zero-order chi connectivity index (χ0) is 16.3. The van der Waals surface area contributed by atoms with Crippen LogP contribution in [0.5, 0.6) is 0 Å². The summed E-state index contributed by atoms with van der Waals surface area (Å²) in [6.45, 7) is 6.98. The van der Waals surface area contributed by atoms with Crippen LogP contribution in [-0.4, -0.2) is 34.7 Å². The highest BCUT2D eigenvalue weighted by molar-refractivity contribution is 5.85. The molecule has 0 fully saturated rings. The quantitative estimate of drug-likeness (QED) is 0.925. The molecule has 0 aliphatic heterocycles. The molecule has 21 heavy (non-hydrogen) atoms. The number of ether oxygens (including phenoxy) is 1. The maximum atomic E-state index is 12.3. The fourth-order valence-electron chi connectivity index (χ4n) is 2.25. The van der Waals surface area contributed by atoms with Gasteiger partial charge in [0, 0.05) is 7.05 Å². The van der Waals surface area contributed by atoms with Gasteiger partial charge >= 0.3 is 12.1 Å². The van der Waals surface area contributed by atoms with E-state index >= 15 is 0 Å². The van der Waals surface area contributed by atoms with Gasteiger partial charge in [-0.2, -0.15) is 0 Å². The van der Waals surface area contributed by atoms with Crippen LogP contribution in [0.4, 0.5) is 4.79 Å². The average molecular weight is 293 g/mol. The average Bonchev–Trinajstić information content (AvgIpc) is 2.39. The molecular formula is C16H23NO4. The van der Waals surface area contributed by atoms with E-state index in [1.807, 2.05) is 0 Å². The molecule has 5 heteroatoms. The van der Waals surface area contributed by atoms with Crippen LogP contribution in [0.15, 0.2) is 30.3 Å². The lowest BCUT2D eigenvalue weighted by Crippen LogP contribution is -2.53. The molecule has 5 nitrogen and oxygen atoms in total. The lowest BCUT2D eigenvalue weighted by Gasteiger charge is -2.38. The Kier molecular flexibility index (Phi) is 4.99. The van der Waals surface area contributed by atoms with Crippen molar-refractivity contribution in [3.05, 3.63) is 35.9 Å². The number of amides is 1. The number of carboxylic acid groups (broad SMARTS) is 1. The fraction of sp³-hybridized carbons (Fsp3) is 0.500. The zero-order valence-electron chi connectivity index (χ0n) is 13.2. The van der Waals surface area contributed by atoms with E-state index in [0.29, 0.717) is 5.56 Å². The summed E-state index contributed by atoms with van der Waals surface area (Å²) < 4.78 is 5.30. The van der Waals surface area contributed by atoms with Gasteiger partial charge in [-0.05, 0) is 32.8 Å². The number of nitrogens with zero attached hydrogens (tertiary/aromatic N) is 1. The SMILES string of the molecule is CCC(C(=O)O)(c1ccccc1)N(C)C(=O)OC(C)(C)C. The van der Waals surface area contributed by atoms with E-state index in [1.54, 1.807) is 58.0 Å². The van der Waals surface area contributed by atoms with Crippen molar-refractivity contribution in [3.63, 3.8) is 0 Å². The van der Waals surface area contributed by atoms with Crippen molar-refractivity contribution in [3.8, 4) is 0 Å².